The normalized spacial score (nSPS) is 18.9. The fraction of sp³-hybridized carbons (Fsp3) is 0.588. The van der Waals surface area contributed by atoms with Crippen LogP contribution in [0.1, 0.15) is 23.4 Å². The van der Waals surface area contributed by atoms with Crippen LogP contribution in [-0.2, 0) is 14.3 Å². The van der Waals surface area contributed by atoms with Crippen molar-refractivity contribution in [2.45, 2.75) is 12.8 Å². The summed E-state index contributed by atoms with van der Waals surface area (Å²) < 4.78 is 10.3. The monoisotopic (exact) mass is 349 g/mol. The van der Waals surface area contributed by atoms with Gasteiger partial charge in [-0.25, -0.2) is 0 Å². The number of piperidine rings is 1. The van der Waals surface area contributed by atoms with E-state index in [9.17, 15) is 14.4 Å². The summed E-state index contributed by atoms with van der Waals surface area (Å²) in [6.45, 7) is 3.50. The van der Waals surface area contributed by atoms with Crippen molar-refractivity contribution in [1.82, 2.24) is 15.1 Å². The molecule has 3 rings (SSSR count). The molecule has 0 saturated carbocycles. The summed E-state index contributed by atoms with van der Waals surface area (Å²) in [5.41, 5.74) is 0. The molecule has 3 amide bonds. The summed E-state index contributed by atoms with van der Waals surface area (Å²) in [6, 6.07) is 3.16. The molecule has 136 valence electrons. The molecule has 2 saturated heterocycles. The van der Waals surface area contributed by atoms with Gasteiger partial charge in [0.1, 0.15) is 0 Å². The molecule has 0 aromatic carbocycles. The molecule has 8 nitrogen and oxygen atoms in total. The highest BCUT2D eigenvalue weighted by molar-refractivity contribution is 5.94. The predicted molar refractivity (Wildman–Crippen MR) is 87.7 cm³/mol. The molecule has 2 aliphatic heterocycles. The fourth-order valence-electron chi connectivity index (χ4n) is 3.18. The van der Waals surface area contributed by atoms with Crippen molar-refractivity contribution in [3.63, 3.8) is 0 Å². The predicted octanol–water partition coefficient (Wildman–Crippen LogP) is 0.107. The second-order valence-corrected chi connectivity index (χ2v) is 6.25. The molecule has 8 heteroatoms. The van der Waals surface area contributed by atoms with Crippen molar-refractivity contribution in [3.8, 4) is 0 Å². The number of rotatable bonds is 4. The largest absolute Gasteiger partial charge is 0.459 e. The van der Waals surface area contributed by atoms with Gasteiger partial charge >= 0.3 is 0 Å². The quantitative estimate of drug-likeness (QED) is 0.833. The van der Waals surface area contributed by atoms with Crippen LogP contribution < -0.4 is 5.32 Å². The van der Waals surface area contributed by atoms with Gasteiger partial charge in [0, 0.05) is 32.1 Å². The Morgan fingerprint density at radius 3 is 2.44 bits per heavy atom. The van der Waals surface area contributed by atoms with Gasteiger partial charge in [0.2, 0.25) is 11.8 Å². The molecular formula is C17H23N3O5. The first-order valence-corrected chi connectivity index (χ1v) is 8.61. The Bertz CT molecular complexity index is 602. The van der Waals surface area contributed by atoms with Crippen molar-refractivity contribution < 1.29 is 23.5 Å². The van der Waals surface area contributed by atoms with E-state index in [1.165, 1.54) is 6.26 Å². The summed E-state index contributed by atoms with van der Waals surface area (Å²) >= 11 is 0. The maximum absolute atomic E-state index is 12.5. The zero-order valence-corrected chi connectivity index (χ0v) is 14.1. The highest BCUT2D eigenvalue weighted by Gasteiger charge is 2.30. The molecule has 0 spiro atoms. The Labute approximate surface area is 146 Å². The molecule has 0 aliphatic carbocycles. The lowest BCUT2D eigenvalue weighted by molar-refractivity contribution is -0.143. The van der Waals surface area contributed by atoms with Crippen LogP contribution >= 0.6 is 0 Å². The first-order valence-electron chi connectivity index (χ1n) is 8.61. The van der Waals surface area contributed by atoms with Gasteiger partial charge in [0.25, 0.3) is 5.91 Å². The number of morpholine rings is 1. The van der Waals surface area contributed by atoms with Crippen LogP contribution in [0.15, 0.2) is 22.8 Å². The van der Waals surface area contributed by atoms with Crippen molar-refractivity contribution in [2.24, 2.45) is 5.92 Å². The Kier molecular flexibility index (Phi) is 5.70. The van der Waals surface area contributed by atoms with Crippen molar-refractivity contribution >= 4 is 17.7 Å². The van der Waals surface area contributed by atoms with Gasteiger partial charge in [-0.05, 0) is 25.0 Å². The molecule has 2 aliphatic rings. The number of carbonyl (C=O) groups excluding carboxylic acids is 3. The van der Waals surface area contributed by atoms with E-state index < -0.39 is 5.91 Å². The molecule has 1 aromatic rings. The van der Waals surface area contributed by atoms with Crippen LogP contribution in [-0.4, -0.2) is 73.5 Å². The van der Waals surface area contributed by atoms with E-state index in [0.717, 1.165) is 0 Å². The van der Waals surface area contributed by atoms with E-state index in [4.69, 9.17) is 9.15 Å². The molecule has 1 N–H and O–H groups in total. The minimum atomic E-state index is -0.407. The molecule has 0 atom stereocenters. The molecule has 3 heterocycles. The van der Waals surface area contributed by atoms with E-state index in [0.29, 0.717) is 52.2 Å². The first-order chi connectivity index (χ1) is 12.1. The number of nitrogens with one attached hydrogen (secondary N) is 1. The standard InChI is InChI=1S/C17H23N3O5/c21-15(12-18-16(22)14-2-1-9-25-14)19-5-3-13(4-6-19)17(23)20-7-10-24-11-8-20/h1-2,9,13H,3-8,10-12H2,(H,18,22). The number of carbonyl (C=O) groups is 3. The number of ether oxygens (including phenoxy) is 1. The van der Waals surface area contributed by atoms with Crippen LogP contribution in [0.4, 0.5) is 0 Å². The average Bonchev–Trinajstić information content (AvgIpc) is 3.21. The Balaban J connectivity index is 1.41. The fourth-order valence-corrected chi connectivity index (χ4v) is 3.18. The van der Waals surface area contributed by atoms with Crippen molar-refractivity contribution in [2.75, 3.05) is 45.9 Å². The van der Waals surface area contributed by atoms with Crippen molar-refractivity contribution in [3.05, 3.63) is 24.2 Å². The number of nitrogens with zero attached hydrogens (tertiary/aromatic N) is 2. The number of amides is 3. The topological polar surface area (TPSA) is 92.1 Å². The number of likely N-dealkylation sites (tertiary alicyclic amines) is 1. The molecule has 0 bridgehead atoms. The summed E-state index contributed by atoms with van der Waals surface area (Å²) in [5.74, 6) is -0.225. The molecule has 1 aromatic heterocycles. The first kappa shape index (κ1) is 17.5. The van der Waals surface area contributed by atoms with Gasteiger partial charge in [0.05, 0.1) is 26.0 Å². The van der Waals surface area contributed by atoms with Gasteiger partial charge in [-0.3, -0.25) is 14.4 Å². The van der Waals surface area contributed by atoms with Gasteiger partial charge < -0.3 is 24.3 Å². The smallest absolute Gasteiger partial charge is 0.287 e. The lowest BCUT2D eigenvalue weighted by atomic mass is 9.95. The molecule has 2 fully saturated rings. The van der Waals surface area contributed by atoms with Gasteiger partial charge in [-0.1, -0.05) is 0 Å². The summed E-state index contributed by atoms with van der Waals surface area (Å²) in [7, 11) is 0. The number of hydrogen-bond acceptors (Lipinski definition) is 5. The lowest BCUT2D eigenvalue weighted by Gasteiger charge is -2.35. The second-order valence-electron chi connectivity index (χ2n) is 6.25. The summed E-state index contributed by atoms with van der Waals surface area (Å²) in [6.07, 6.45) is 2.73. The van der Waals surface area contributed by atoms with E-state index in [2.05, 4.69) is 5.32 Å². The van der Waals surface area contributed by atoms with E-state index in [1.807, 2.05) is 4.90 Å². The second kappa shape index (κ2) is 8.15. The maximum Gasteiger partial charge on any atom is 0.287 e. The lowest BCUT2D eigenvalue weighted by Crippen LogP contribution is -2.49. The Morgan fingerprint density at radius 2 is 1.80 bits per heavy atom. The molecular weight excluding hydrogens is 326 g/mol. The van der Waals surface area contributed by atoms with Crippen molar-refractivity contribution in [1.29, 1.82) is 0 Å². The average molecular weight is 349 g/mol. The zero-order chi connectivity index (χ0) is 17.6. The van der Waals surface area contributed by atoms with E-state index >= 15 is 0 Å². The minimum Gasteiger partial charge on any atom is -0.459 e. The van der Waals surface area contributed by atoms with Crippen LogP contribution in [0, 0.1) is 5.92 Å². The van der Waals surface area contributed by atoms with E-state index in [1.54, 1.807) is 17.0 Å². The number of hydrogen-bond donors (Lipinski definition) is 1. The van der Waals surface area contributed by atoms with E-state index in [-0.39, 0.29) is 30.0 Å². The van der Waals surface area contributed by atoms with Gasteiger partial charge in [0.15, 0.2) is 5.76 Å². The van der Waals surface area contributed by atoms with Crippen LogP contribution in [0.3, 0.4) is 0 Å². The van der Waals surface area contributed by atoms with Crippen LogP contribution in [0.25, 0.3) is 0 Å². The third-order valence-electron chi connectivity index (χ3n) is 4.66. The molecule has 25 heavy (non-hydrogen) atoms. The van der Waals surface area contributed by atoms with Crippen LogP contribution in [0.2, 0.25) is 0 Å². The Morgan fingerprint density at radius 1 is 1.08 bits per heavy atom. The SMILES string of the molecule is O=C(NCC(=O)N1CCC(C(=O)N2CCOCC2)CC1)c1ccco1. The maximum atomic E-state index is 12.5. The van der Waals surface area contributed by atoms with Gasteiger partial charge in [-0.2, -0.15) is 0 Å². The van der Waals surface area contributed by atoms with Crippen LogP contribution in [0.5, 0.6) is 0 Å². The minimum absolute atomic E-state index is 0.0279. The van der Waals surface area contributed by atoms with Gasteiger partial charge in [-0.15, -0.1) is 0 Å². The third kappa shape index (κ3) is 4.39. The highest BCUT2D eigenvalue weighted by atomic mass is 16.5. The third-order valence-corrected chi connectivity index (χ3v) is 4.66. The summed E-state index contributed by atoms with van der Waals surface area (Å²) in [4.78, 5) is 40.0. The highest BCUT2D eigenvalue weighted by Crippen LogP contribution is 2.20. The molecule has 0 unspecified atom stereocenters. The number of furan rings is 1. The summed E-state index contributed by atoms with van der Waals surface area (Å²) in [5, 5.41) is 2.55. The molecule has 0 radical (unpaired) electrons. The zero-order valence-electron chi connectivity index (χ0n) is 14.1. The Hall–Kier alpha value is -2.35.